The summed E-state index contributed by atoms with van der Waals surface area (Å²) < 4.78 is 0. The third kappa shape index (κ3) is 5.33. The van der Waals surface area contributed by atoms with Crippen LogP contribution in [0.4, 0.5) is 0 Å². The van der Waals surface area contributed by atoms with E-state index in [-0.39, 0.29) is 0 Å². The largest absolute Gasteiger partial charge is 0.326 e. The Morgan fingerprint density at radius 2 is 2.23 bits per heavy atom. The third-order valence-electron chi connectivity index (χ3n) is 1.31. The second-order valence-corrected chi connectivity index (χ2v) is 2.90. The van der Waals surface area contributed by atoms with Crippen LogP contribution in [0.2, 0.25) is 0 Å². The van der Waals surface area contributed by atoms with Crippen molar-refractivity contribution in [2.24, 2.45) is 15.7 Å². The van der Waals surface area contributed by atoms with Gasteiger partial charge in [0.15, 0.2) is 0 Å². The first kappa shape index (κ1) is 12.1. The minimum absolute atomic E-state index is 0.389. The van der Waals surface area contributed by atoms with E-state index < -0.39 is 0 Å². The minimum atomic E-state index is 0.389. The van der Waals surface area contributed by atoms with Crippen molar-refractivity contribution >= 4 is 23.1 Å². The van der Waals surface area contributed by atoms with Gasteiger partial charge in [-0.05, 0) is 19.4 Å². The second-order valence-electron chi connectivity index (χ2n) is 2.35. The van der Waals surface area contributed by atoms with Crippen LogP contribution in [0.15, 0.2) is 33.9 Å². The van der Waals surface area contributed by atoms with Gasteiger partial charge in [-0.25, -0.2) is 9.98 Å². The van der Waals surface area contributed by atoms with Crippen LogP contribution < -0.4 is 5.73 Å². The molecule has 0 amide bonds. The van der Waals surface area contributed by atoms with Crippen LogP contribution in [-0.2, 0) is 0 Å². The predicted molar refractivity (Wildman–Crippen MR) is 59.4 cm³/mol. The summed E-state index contributed by atoms with van der Waals surface area (Å²) in [6.45, 7) is 7.69. The molecule has 13 heavy (non-hydrogen) atoms. The molecule has 0 aromatic heterocycles. The lowest BCUT2D eigenvalue weighted by atomic mass is 10.2. The van der Waals surface area contributed by atoms with E-state index in [1.54, 1.807) is 6.92 Å². The number of rotatable bonds is 4. The van der Waals surface area contributed by atoms with Crippen LogP contribution >= 0.6 is 11.6 Å². The number of allylic oxidation sites excluding steroid dienone is 1. The number of halogens is 1. The smallest absolute Gasteiger partial charge is 0.117 e. The Labute approximate surface area is 83.7 Å². The van der Waals surface area contributed by atoms with E-state index in [2.05, 4.69) is 16.6 Å². The van der Waals surface area contributed by atoms with Crippen molar-refractivity contribution in [2.45, 2.75) is 13.8 Å². The van der Waals surface area contributed by atoms with Gasteiger partial charge >= 0.3 is 0 Å². The number of hydrogen-bond donors (Lipinski definition) is 1. The summed E-state index contributed by atoms with van der Waals surface area (Å²) >= 11 is 5.51. The maximum absolute atomic E-state index is 5.51. The maximum atomic E-state index is 5.51. The molecule has 2 N–H and O–H groups in total. The molecular formula is C9H14ClN3. The fourth-order valence-electron chi connectivity index (χ4n) is 0.645. The Bertz CT molecular complexity index is 260. The molecule has 0 radical (unpaired) electrons. The summed E-state index contributed by atoms with van der Waals surface area (Å²) in [6, 6.07) is 0. The molecule has 0 aliphatic heterocycles. The van der Waals surface area contributed by atoms with Crippen molar-refractivity contribution in [2.75, 3.05) is 6.54 Å². The predicted octanol–water partition coefficient (Wildman–Crippen LogP) is 2.09. The Morgan fingerprint density at radius 1 is 1.62 bits per heavy atom. The molecule has 0 fully saturated rings. The van der Waals surface area contributed by atoms with Gasteiger partial charge in [-0.15, -0.1) is 0 Å². The van der Waals surface area contributed by atoms with Crippen LogP contribution in [0.5, 0.6) is 0 Å². The number of hydrogen-bond acceptors (Lipinski definition) is 2. The van der Waals surface area contributed by atoms with Gasteiger partial charge < -0.3 is 5.73 Å². The molecule has 3 nitrogen and oxygen atoms in total. The molecule has 0 aliphatic rings. The summed E-state index contributed by atoms with van der Waals surface area (Å²) in [4.78, 5) is 7.83. The standard InChI is InChI=1S/C9H14ClN3/c1-4-9(7(2)5-11)13-6-12-8(3)10/h4,6H,2,5,11H2,1,3H3/b9-4+,12-8?,13-6?. The highest BCUT2D eigenvalue weighted by molar-refractivity contribution is 6.65. The highest BCUT2D eigenvalue weighted by Gasteiger charge is 1.94. The van der Waals surface area contributed by atoms with Crippen LogP contribution in [0.3, 0.4) is 0 Å². The summed E-state index contributed by atoms with van der Waals surface area (Å²) in [5.41, 5.74) is 6.92. The first-order chi connectivity index (χ1) is 6.11. The first-order valence-electron chi connectivity index (χ1n) is 3.88. The summed E-state index contributed by atoms with van der Waals surface area (Å²) in [7, 11) is 0. The van der Waals surface area contributed by atoms with Crippen molar-refractivity contribution in [1.82, 2.24) is 0 Å². The van der Waals surface area contributed by atoms with Gasteiger partial charge in [0.2, 0.25) is 0 Å². The molecule has 0 bridgehead atoms. The van der Waals surface area contributed by atoms with Crippen molar-refractivity contribution in [3.8, 4) is 0 Å². The summed E-state index contributed by atoms with van der Waals surface area (Å²) in [5.74, 6) is 0. The van der Waals surface area contributed by atoms with Crippen molar-refractivity contribution < 1.29 is 0 Å². The molecule has 0 saturated carbocycles. The zero-order chi connectivity index (χ0) is 10.3. The highest BCUT2D eigenvalue weighted by Crippen LogP contribution is 2.06. The fourth-order valence-corrected chi connectivity index (χ4v) is 0.689. The van der Waals surface area contributed by atoms with Gasteiger partial charge in [0.05, 0.1) is 5.70 Å². The Balaban J connectivity index is 4.40. The van der Waals surface area contributed by atoms with Crippen molar-refractivity contribution in [3.05, 3.63) is 23.9 Å². The lowest BCUT2D eigenvalue weighted by molar-refractivity contribution is 1.13. The zero-order valence-electron chi connectivity index (χ0n) is 7.92. The van der Waals surface area contributed by atoms with Gasteiger partial charge in [-0.2, -0.15) is 0 Å². The van der Waals surface area contributed by atoms with Crippen molar-refractivity contribution in [1.29, 1.82) is 0 Å². The number of nitrogens with two attached hydrogens (primary N) is 1. The quantitative estimate of drug-likeness (QED) is 0.421. The molecular weight excluding hydrogens is 186 g/mol. The van der Waals surface area contributed by atoms with Gasteiger partial charge in [-0.3, -0.25) is 0 Å². The second kappa shape index (κ2) is 6.57. The van der Waals surface area contributed by atoms with Gasteiger partial charge in [-0.1, -0.05) is 24.3 Å². The Kier molecular flexibility index (Phi) is 6.10. The molecule has 0 rings (SSSR count). The Hall–Kier alpha value is -0.930. The SMILES string of the molecule is C=C(CN)/C(=C\C)N=CN=C(C)Cl. The molecule has 0 aliphatic carbocycles. The van der Waals surface area contributed by atoms with Gasteiger partial charge in [0.1, 0.15) is 11.5 Å². The van der Waals surface area contributed by atoms with E-state index in [4.69, 9.17) is 17.3 Å². The van der Waals surface area contributed by atoms with E-state index >= 15 is 0 Å². The van der Waals surface area contributed by atoms with Crippen molar-refractivity contribution in [3.63, 3.8) is 0 Å². The summed E-state index contributed by atoms with van der Waals surface area (Å²) in [6.07, 6.45) is 3.21. The lowest BCUT2D eigenvalue weighted by Crippen LogP contribution is -2.03. The third-order valence-corrected chi connectivity index (χ3v) is 1.41. The van der Waals surface area contributed by atoms with E-state index in [0.717, 1.165) is 11.3 Å². The molecule has 0 heterocycles. The number of nitrogens with zero attached hydrogens (tertiary/aromatic N) is 2. The maximum Gasteiger partial charge on any atom is 0.117 e. The zero-order valence-corrected chi connectivity index (χ0v) is 8.67. The lowest BCUT2D eigenvalue weighted by Gasteiger charge is -2.00. The molecule has 0 aromatic rings. The molecule has 0 spiro atoms. The average Bonchev–Trinajstić information content (AvgIpc) is 2.11. The monoisotopic (exact) mass is 199 g/mol. The molecule has 0 aromatic carbocycles. The van der Waals surface area contributed by atoms with Crippen LogP contribution in [0.25, 0.3) is 0 Å². The topological polar surface area (TPSA) is 50.7 Å². The van der Waals surface area contributed by atoms with Gasteiger partial charge in [0, 0.05) is 6.54 Å². The van der Waals surface area contributed by atoms with Gasteiger partial charge in [0.25, 0.3) is 0 Å². The van der Waals surface area contributed by atoms with E-state index in [0.29, 0.717) is 11.7 Å². The van der Waals surface area contributed by atoms with Crippen LogP contribution in [0.1, 0.15) is 13.8 Å². The first-order valence-corrected chi connectivity index (χ1v) is 4.26. The Morgan fingerprint density at radius 3 is 2.62 bits per heavy atom. The van der Waals surface area contributed by atoms with Crippen LogP contribution in [0, 0.1) is 0 Å². The van der Waals surface area contributed by atoms with Crippen LogP contribution in [-0.4, -0.2) is 18.1 Å². The fraction of sp³-hybridized carbons (Fsp3) is 0.333. The molecule has 72 valence electrons. The van der Waals surface area contributed by atoms with E-state index in [1.165, 1.54) is 6.34 Å². The van der Waals surface area contributed by atoms with E-state index in [1.807, 2.05) is 13.0 Å². The summed E-state index contributed by atoms with van der Waals surface area (Å²) in [5, 5.41) is 0.442. The highest BCUT2D eigenvalue weighted by atomic mass is 35.5. The molecule has 0 saturated heterocycles. The normalized spacial score (nSPS) is 13.8. The minimum Gasteiger partial charge on any atom is -0.326 e. The average molecular weight is 200 g/mol. The molecule has 0 atom stereocenters. The molecule has 0 unspecified atom stereocenters. The number of aliphatic imine (C=N–C) groups is 2. The molecule has 4 heteroatoms. The van der Waals surface area contributed by atoms with E-state index in [9.17, 15) is 0 Å².